The molecule has 0 radical (unpaired) electrons. The summed E-state index contributed by atoms with van der Waals surface area (Å²) in [7, 11) is -3.08. The van der Waals surface area contributed by atoms with Gasteiger partial charge in [-0.15, -0.1) is 0 Å². The molecule has 2 fully saturated rings. The fourth-order valence-electron chi connectivity index (χ4n) is 3.23. The van der Waals surface area contributed by atoms with Gasteiger partial charge in [-0.3, -0.25) is 4.79 Å². The molecule has 0 bridgehead atoms. The van der Waals surface area contributed by atoms with Crippen LogP contribution in [0.25, 0.3) is 0 Å². The zero-order valence-corrected chi connectivity index (χ0v) is 16.4. The molecule has 0 unspecified atom stereocenters. The third-order valence-corrected chi connectivity index (χ3v) is 7.23. The molecule has 1 aliphatic carbocycles. The van der Waals surface area contributed by atoms with Crippen LogP contribution in [-0.4, -0.2) is 57.2 Å². The van der Waals surface area contributed by atoms with Crippen LogP contribution in [0.1, 0.15) is 36.0 Å². The molecule has 1 heterocycles. The zero-order chi connectivity index (χ0) is 18.6. The number of halogens is 1. The summed E-state index contributed by atoms with van der Waals surface area (Å²) in [4.78, 5) is 14.4. The smallest absolute Gasteiger partial charge is 0.251 e. The lowest BCUT2D eigenvalue weighted by atomic mass is 9.96. The number of carbonyl (C=O) groups excluding carboxylic acids is 1. The van der Waals surface area contributed by atoms with Crippen LogP contribution in [0.3, 0.4) is 0 Å². The number of benzene rings is 1. The molecule has 1 amide bonds. The molecule has 144 valence electrons. The molecule has 1 aromatic rings. The quantitative estimate of drug-likeness (QED) is 0.699. The summed E-state index contributed by atoms with van der Waals surface area (Å²) in [5, 5.41) is 3.39. The molecule has 1 aliphatic heterocycles. The van der Waals surface area contributed by atoms with Crippen LogP contribution in [-0.2, 0) is 10.0 Å². The van der Waals surface area contributed by atoms with Gasteiger partial charge < -0.3 is 10.2 Å². The van der Waals surface area contributed by atoms with E-state index in [1.165, 1.54) is 0 Å². The highest BCUT2D eigenvalue weighted by Gasteiger charge is 2.35. The van der Waals surface area contributed by atoms with E-state index in [-0.39, 0.29) is 11.2 Å². The first-order valence-corrected chi connectivity index (χ1v) is 11.1. The van der Waals surface area contributed by atoms with E-state index in [1.807, 2.05) is 0 Å². The first kappa shape index (κ1) is 19.6. The minimum atomic E-state index is -3.08. The van der Waals surface area contributed by atoms with Gasteiger partial charge in [0.25, 0.3) is 5.91 Å². The van der Waals surface area contributed by atoms with Gasteiger partial charge in [-0.2, -0.15) is 0 Å². The second-order valence-corrected chi connectivity index (χ2v) is 9.63. The molecular formula is C18H26ClN3O3S. The van der Waals surface area contributed by atoms with Gasteiger partial charge in [0.15, 0.2) is 0 Å². The second-order valence-electron chi connectivity index (χ2n) is 7.14. The van der Waals surface area contributed by atoms with Crippen LogP contribution in [0.5, 0.6) is 0 Å². The Labute approximate surface area is 160 Å². The molecule has 0 aromatic heterocycles. The van der Waals surface area contributed by atoms with Gasteiger partial charge in [-0.05, 0) is 62.9 Å². The zero-order valence-electron chi connectivity index (χ0n) is 14.8. The van der Waals surface area contributed by atoms with Crippen molar-refractivity contribution in [2.45, 2.75) is 30.9 Å². The Bertz CT molecular complexity index is 729. The SMILES string of the molecule is O=C(NCC1CCN(CCNS(=O)(=O)C2CC2)CC1)c1cccc(Cl)c1. The first-order valence-electron chi connectivity index (χ1n) is 9.18. The maximum Gasteiger partial charge on any atom is 0.251 e. The van der Waals surface area contributed by atoms with Crippen molar-refractivity contribution in [1.82, 2.24) is 14.9 Å². The number of carbonyl (C=O) groups is 1. The summed E-state index contributed by atoms with van der Waals surface area (Å²) in [5.41, 5.74) is 0.581. The van der Waals surface area contributed by atoms with E-state index in [9.17, 15) is 13.2 Å². The molecule has 26 heavy (non-hydrogen) atoms. The normalized spacial score (nSPS) is 19.4. The Morgan fingerprint density at radius 3 is 2.58 bits per heavy atom. The summed E-state index contributed by atoms with van der Waals surface area (Å²) in [5.74, 6) is 0.363. The van der Waals surface area contributed by atoms with Crippen LogP contribution in [0.15, 0.2) is 24.3 Å². The summed E-state index contributed by atoms with van der Waals surface area (Å²) in [6.45, 7) is 3.75. The van der Waals surface area contributed by atoms with Crippen molar-refractivity contribution in [2.75, 3.05) is 32.7 Å². The van der Waals surface area contributed by atoms with E-state index in [0.29, 0.717) is 29.6 Å². The molecule has 2 aliphatic rings. The number of sulfonamides is 1. The van der Waals surface area contributed by atoms with Gasteiger partial charge in [0.2, 0.25) is 10.0 Å². The number of piperidine rings is 1. The Hall–Kier alpha value is -1.15. The summed E-state index contributed by atoms with van der Waals surface area (Å²) in [6.07, 6.45) is 3.60. The fourth-order valence-corrected chi connectivity index (χ4v) is 4.78. The highest BCUT2D eigenvalue weighted by molar-refractivity contribution is 7.90. The predicted octanol–water partition coefficient (Wildman–Crippen LogP) is 1.86. The second kappa shape index (κ2) is 8.69. The van der Waals surface area contributed by atoms with Crippen molar-refractivity contribution in [3.05, 3.63) is 34.9 Å². The number of nitrogens with one attached hydrogen (secondary N) is 2. The van der Waals surface area contributed by atoms with Crippen LogP contribution >= 0.6 is 11.6 Å². The van der Waals surface area contributed by atoms with Crippen molar-refractivity contribution in [1.29, 1.82) is 0 Å². The van der Waals surface area contributed by atoms with E-state index in [0.717, 1.165) is 45.3 Å². The minimum absolute atomic E-state index is 0.0931. The maximum absolute atomic E-state index is 12.2. The topological polar surface area (TPSA) is 78.5 Å². The van der Waals surface area contributed by atoms with E-state index >= 15 is 0 Å². The van der Waals surface area contributed by atoms with E-state index in [4.69, 9.17) is 11.6 Å². The Kier molecular flexibility index (Phi) is 6.55. The lowest BCUT2D eigenvalue weighted by molar-refractivity contribution is 0.0936. The molecular weight excluding hydrogens is 374 g/mol. The highest BCUT2D eigenvalue weighted by atomic mass is 35.5. The molecule has 8 heteroatoms. The van der Waals surface area contributed by atoms with E-state index in [2.05, 4.69) is 14.9 Å². The first-order chi connectivity index (χ1) is 12.4. The fraction of sp³-hybridized carbons (Fsp3) is 0.611. The van der Waals surface area contributed by atoms with Crippen molar-refractivity contribution in [2.24, 2.45) is 5.92 Å². The van der Waals surface area contributed by atoms with Crippen LogP contribution in [0.2, 0.25) is 5.02 Å². The van der Waals surface area contributed by atoms with E-state index < -0.39 is 10.0 Å². The van der Waals surface area contributed by atoms with Gasteiger partial charge >= 0.3 is 0 Å². The Morgan fingerprint density at radius 2 is 1.92 bits per heavy atom. The number of hydrogen-bond donors (Lipinski definition) is 2. The van der Waals surface area contributed by atoms with Crippen LogP contribution in [0, 0.1) is 5.92 Å². The third-order valence-electron chi connectivity index (χ3n) is 5.04. The van der Waals surface area contributed by atoms with Gasteiger partial charge in [0.05, 0.1) is 5.25 Å². The average Bonchev–Trinajstić information content (AvgIpc) is 3.46. The Morgan fingerprint density at radius 1 is 1.19 bits per heavy atom. The van der Waals surface area contributed by atoms with Crippen molar-refractivity contribution >= 4 is 27.5 Å². The molecule has 0 atom stereocenters. The predicted molar refractivity (Wildman–Crippen MR) is 103 cm³/mol. The molecule has 3 rings (SSSR count). The highest BCUT2D eigenvalue weighted by Crippen LogP contribution is 2.27. The van der Waals surface area contributed by atoms with Crippen LogP contribution < -0.4 is 10.0 Å². The van der Waals surface area contributed by atoms with Gasteiger partial charge in [0.1, 0.15) is 0 Å². The van der Waals surface area contributed by atoms with Gasteiger partial charge in [-0.25, -0.2) is 13.1 Å². The molecule has 2 N–H and O–H groups in total. The number of rotatable bonds is 8. The summed E-state index contributed by atoms with van der Waals surface area (Å²) >= 11 is 5.92. The molecule has 6 nitrogen and oxygen atoms in total. The monoisotopic (exact) mass is 399 g/mol. The third kappa shape index (κ3) is 5.67. The Balaban J connectivity index is 1.33. The van der Waals surface area contributed by atoms with E-state index in [1.54, 1.807) is 24.3 Å². The summed E-state index contributed by atoms with van der Waals surface area (Å²) in [6, 6.07) is 6.95. The maximum atomic E-state index is 12.2. The standard InChI is InChI=1S/C18H26ClN3O3S/c19-16-3-1-2-15(12-16)18(23)20-13-14-6-9-22(10-7-14)11-8-21-26(24,25)17-4-5-17/h1-3,12,14,17,21H,4-11,13H2,(H,20,23). The largest absolute Gasteiger partial charge is 0.352 e. The van der Waals surface area contributed by atoms with Gasteiger partial charge in [0, 0.05) is 30.2 Å². The number of nitrogens with zero attached hydrogens (tertiary/aromatic N) is 1. The molecule has 1 saturated carbocycles. The van der Waals surface area contributed by atoms with Crippen molar-refractivity contribution < 1.29 is 13.2 Å². The van der Waals surface area contributed by atoms with Crippen molar-refractivity contribution in [3.63, 3.8) is 0 Å². The molecule has 0 spiro atoms. The molecule has 1 aromatic carbocycles. The van der Waals surface area contributed by atoms with Crippen LogP contribution in [0.4, 0.5) is 0 Å². The number of amides is 1. The molecule has 1 saturated heterocycles. The average molecular weight is 400 g/mol. The lowest BCUT2D eigenvalue weighted by Gasteiger charge is -2.32. The summed E-state index contributed by atoms with van der Waals surface area (Å²) < 4.78 is 26.3. The lowest BCUT2D eigenvalue weighted by Crippen LogP contribution is -2.42. The van der Waals surface area contributed by atoms with Gasteiger partial charge in [-0.1, -0.05) is 17.7 Å². The minimum Gasteiger partial charge on any atom is -0.352 e. The number of hydrogen-bond acceptors (Lipinski definition) is 4. The van der Waals surface area contributed by atoms with Crippen molar-refractivity contribution in [3.8, 4) is 0 Å². The number of likely N-dealkylation sites (tertiary alicyclic amines) is 1.